The largest absolute Gasteiger partial charge is 0.368 e. The van der Waals surface area contributed by atoms with Crippen molar-refractivity contribution in [2.75, 3.05) is 5.73 Å². The van der Waals surface area contributed by atoms with Crippen molar-refractivity contribution in [3.8, 4) is 0 Å². The summed E-state index contributed by atoms with van der Waals surface area (Å²) < 4.78 is 27.4. The van der Waals surface area contributed by atoms with Crippen LogP contribution in [0.2, 0.25) is 0 Å². The summed E-state index contributed by atoms with van der Waals surface area (Å²) in [7, 11) is -3.81. The molecule has 0 amide bonds. The zero-order chi connectivity index (χ0) is 19.0. The smallest absolute Gasteiger partial charge is 0.280 e. The van der Waals surface area contributed by atoms with Crippen LogP contribution in [0.4, 0.5) is 5.95 Å². The lowest BCUT2D eigenvalue weighted by Gasteiger charge is -2.09. The molecule has 2 heterocycles. The zero-order valence-electron chi connectivity index (χ0n) is 13.9. The second kappa shape index (κ2) is 6.95. The van der Waals surface area contributed by atoms with Crippen LogP contribution in [-0.4, -0.2) is 17.4 Å². The Morgan fingerprint density at radius 1 is 1.07 bits per heavy atom. The first-order valence-electron chi connectivity index (χ1n) is 7.95. The number of rotatable bonds is 4. The van der Waals surface area contributed by atoms with Gasteiger partial charge in [-0.3, -0.25) is 0 Å². The molecule has 0 saturated heterocycles. The number of hydrogen-bond acceptors (Lipinski definition) is 5. The van der Waals surface area contributed by atoms with E-state index in [0.29, 0.717) is 11.0 Å². The number of nitrogen functional groups attached to an aromatic ring is 1. The Morgan fingerprint density at radius 3 is 2.52 bits per heavy atom. The van der Waals surface area contributed by atoms with Gasteiger partial charge >= 0.3 is 0 Å². The van der Waals surface area contributed by atoms with Crippen LogP contribution in [0.3, 0.4) is 0 Å². The Hall–Kier alpha value is -2.42. The average molecular weight is 460 g/mol. The summed E-state index contributed by atoms with van der Waals surface area (Å²) in [4.78, 5) is 6.04. The molecular formula is C19H14BrN3O2S2. The minimum Gasteiger partial charge on any atom is -0.368 e. The average Bonchev–Trinajstić information content (AvgIpc) is 3.31. The second-order valence-corrected chi connectivity index (χ2v) is 9.18. The SMILES string of the molecule is Nc1nc2ccc(/C(=C/Br)c3ccccc3)cc2n1S(=O)(=O)c1cccs1. The van der Waals surface area contributed by atoms with Gasteiger partial charge in [0.05, 0.1) is 11.0 Å². The Kier molecular flexibility index (Phi) is 4.63. The second-order valence-electron chi connectivity index (χ2n) is 5.76. The van der Waals surface area contributed by atoms with Crippen molar-refractivity contribution in [3.05, 3.63) is 82.2 Å². The van der Waals surface area contributed by atoms with Crippen LogP contribution < -0.4 is 5.73 Å². The van der Waals surface area contributed by atoms with E-state index in [1.807, 2.05) is 41.4 Å². The van der Waals surface area contributed by atoms with Crippen molar-refractivity contribution < 1.29 is 8.42 Å². The summed E-state index contributed by atoms with van der Waals surface area (Å²) in [6, 6.07) is 18.6. The summed E-state index contributed by atoms with van der Waals surface area (Å²) in [5.41, 5.74) is 9.73. The van der Waals surface area contributed by atoms with Gasteiger partial charge in [-0.15, -0.1) is 11.3 Å². The van der Waals surface area contributed by atoms with E-state index in [1.165, 1.54) is 0 Å². The van der Waals surface area contributed by atoms with Gasteiger partial charge in [-0.2, -0.15) is 8.42 Å². The molecule has 0 fully saturated rings. The van der Waals surface area contributed by atoms with Gasteiger partial charge in [0.2, 0.25) is 5.95 Å². The highest BCUT2D eigenvalue weighted by molar-refractivity contribution is 9.11. The molecule has 0 unspecified atom stereocenters. The maximum Gasteiger partial charge on any atom is 0.280 e. The Labute approximate surface area is 169 Å². The fraction of sp³-hybridized carbons (Fsp3) is 0. The zero-order valence-corrected chi connectivity index (χ0v) is 17.1. The third kappa shape index (κ3) is 3.09. The van der Waals surface area contributed by atoms with Crippen LogP contribution in [-0.2, 0) is 10.0 Å². The Bertz CT molecular complexity index is 1250. The van der Waals surface area contributed by atoms with Crippen LogP contribution >= 0.6 is 27.3 Å². The van der Waals surface area contributed by atoms with Crippen LogP contribution in [0, 0.1) is 0 Å². The number of nitrogens with two attached hydrogens (primary N) is 1. The van der Waals surface area contributed by atoms with Gasteiger partial charge in [0.1, 0.15) is 4.21 Å². The molecule has 0 aliphatic heterocycles. The molecule has 0 atom stereocenters. The van der Waals surface area contributed by atoms with Gasteiger partial charge in [-0.1, -0.05) is 58.4 Å². The topological polar surface area (TPSA) is 78.0 Å². The van der Waals surface area contributed by atoms with Crippen molar-refractivity contribution in [3.63, 3.8) is 0 Å². The third-order valence-corrected chi connectivity index (χ3v) is 7.68. The van der Waals surface area contributed by atoms with Crippen molar-refractivity contribution >= 4 is 59.8 Å². The molecule has 0 saturated carbocycles. The molecule has 27 heavy (non-hydrogen) atoms. The van der Waals surface area contributed by atoms with Gasteiger partial charge in [-0.25, -0.2) is 8.96 Å². The summed E-state index contributed by atoms with van der Waals surface area (Å²) in [5, 5.41) is 1.72. The van der Waals surface area contributed by atoms with Crippen molar-refractivity contribution in [2.24, 2.45) is 0 Å². The molecule has 2 N–H and O–H groups in total. The lowest BCUT2D eigenvalue weighted by molar-refractivity contribution is 0.591. The molecule has 0 bridgehead atoms. The standard InChI is InChI=1S/C19H14BrN3O2S2/c20-12-15(13-5-2-1-3-6-13)14-8-9-16-17(11-14)23(19(21)22-16)27(24,25)18-7-4-10-26-18/h1-12H,(H2,21,22)/b15-12+. The van der Waals surface area contributed by atoms with Crippen molar-refractivity contribution in [1.29, 1.82) is 0 Å². The normalized spacial score (nSPS) is 12.6. The highest BCUT2D eigenvalue weighted by Gasteiger charge is 2.24. The molecule has 0 radical (unpaired) electrons. The van der Waals surface area contributed by atoms with E-state index < -0.39 is 10.0 Å². The summed E-state index contributed by atoms with van der Waals surface area (Å²) in [6.07, 6.45) is 0. The highest BCUT2D eigenvalue weighted by Crippen LogP contribution is 2.31. The van der Waals surface area contributed by atoms with E-state index in [-0.39, 0.29) is 10.2 Å². The monoisotopic (exact) mass is 459 g/mol. The first-order valence-corrected chi connectivity index (χ1v) is 11.2. The van der Waals surface area contributed by atoms with Crippen LogP contribution in [0.5, 0.6) is 0 Å². The van der Waals surface area contributed by atoms with E-state index in [9.17, 15) is 8.42 Å². The van der Waals surface area contributed by atoms with E-state index in [0.717, 1.165) is 32.0 Å². The molecule has 2 aromatic heterocycles. The van der Waals surface area contributed by atoms with Crippen molar-refractivity contribution in [1.82, 2.24) is 8.96 Å². The number of thiophene rings is 1. The molecule has 8 heteroatoms. The van der Waals surface area contributed by atoms with Gasteiger partial charge in [0.25, 0.3) is 10.0 Å². The molecule has 4 rings (SSSR count). The number of imidazole rings is 1. The molecule has 2 aromatic carbocycles. The Balaban J connectivity index is 1.93. The predicted molar refractivity (Wildman–Crippen MR) is 113 cm³/mol. The van der Waals surface area contributed by atoms with E-state index in [4.69, 9.17) is 5.73 Å². The summed E-state index contributed by atoms with van der Waals surface area (Å²) in [6.45, 7) is 0. The minimum absolute atomic E-state index is 0.0559. The fourth-order valence-corrected chi connectivity index (χ4v) is 5.88. The predicted octanol–water partition coefficient (Wildman–Crippen LogP) is 4.70. The first kappa shape index (κ1) is 18.0. The lowest BCUT2D eigenvalue weighted by Crippen LogP contribution is -2.14. The first-order chi connectivity index (χ1) is 13.0. The number of aromatic nitrogens is 2. The number of fused-ring (bicyclic) bond motifs is 1. The molecule has 0 aliphatic carbocycles. The van der Waals surface area contributed by atoms with Gasteiger partial charge in [0, 0.05) is 0 Å². The van der Waals surface area contributed by atoms with E-state index in [2.05, 4.69) is 20.9 Å². The summed E-state index contributed by atoms with van der Waals surface area (Å²) in [5.74, 6) is -0.0559. The molecule has 136 valence electrons. The lowest BCUT2D eigenvalue weighted by atomic mass is 9.99. The third-order valence-electron chi connectivity index (χ3n) is 4.13. The maximum atomic E-state index is 13.0. The van der Waals surface area contributed by atoms with Gasteiger partial charge < -0.3 is 5.73 Å². The number of halogens is 1. The number of nitrogens with zero attached hydrogens (tertiary/aromatic N) is 2. The quantitative estimate of drug-likeness (QED) is 0.479. The van der Waals surface area contributed by atoms with Crippen LogP contribution in [0.25, 0.3) is 16.6 Å². The Morgan fingerprint density at radius 2 is 1.85 bits per heavy atom. The number of hydrogen-bond donors (Lipinski definition) is 1. The number of anilines is 1. The van der Waals surface area contributed by atoms with Crippen LogP contribution in [0.15, 0.2) is 75.2 Å². The van der Waals surface area contributed by atoms with Crippen molar-refractivity contribution in [2.45, 2.75) is 4.21 Å². The maximum absolute atomic E-state index is 13.0. The highest BCUT2D eigenvalue weighted by atomic mass is 79.9. The number of benzene rings is 2. The minimum atomic E-state index is -3.81. The van der Waals surface area contributed by atoms with Gasteiger partial charge in [-0.05, 0) is 45.3 Å². The van der Waals surface area contributed by atoms with E-state index in [1.54, 1.807) is 29.6 Å². The molecular weight excluding hydrogens is 446 g/mol. The molecule has 5 nitrogen and oxygen atoms in total. The molecule has 0 spiro atoms. The molecule has 4 aromatic rings. The van der Waals surface area contributed by atoms with Gasteiger partial charge in [0.15, 0.2) is 0 Å². The fourth-order valence-electron chi connectivity index (χ4n) is 2.90. The summed E-state index contributed by atoms with van der Waals surface area (Å²) >= 11 is 4.57. The van der Waals surface area contributed by atoms with E-state index >= 15 is 0 Å². The molecule has 0 aliphatic rings. The van der Waals surface area contributed by atoms with Crippen LogP contribution in [0.1, 0.15) is 11.1 Å².